The molecule has 1 aromatic carbocycles. The number of H-pyrrole nitrogens is 1. The third-order valence-electron chi connectivity index (χ3n) is 3.45. The molecule has 1 atom stereocenters. The summed E-state index contributed by atoms with van der Waals surface area (Å²) in [6.07, 6.45) is 4.01. The van der Waals surface area contributed by atoms with Gasteiger partial charge >= 0.3 is 0 Å². The van der Waals surface area contributed by atoms with E-state index in [0.717, 1.165) is 30.6 Å². The number of hydrogen-bond donors (Lipinski definition) is 2. The first-order valence-corrected chi connectivity index (χ1v) is 7.50. The molecule has 2 rings (SSSR count). The van der Waals surface area contributed by atoms with Crippen LogP contribution in [-0.4, -0.2) is 16.7 Å². The van der Waals surface area contributed by atoms with Gasteiger partial charge in [-0.2, -0.15) is 5.10 Å². The van der Waals surface area contributed by atoms with E-state index in [4.69, 9.17) is 23.2 Å². The van der Waals surface area contributed by atoms with Crippen LogP contribution in [0.3, 0.4) is 0 Å². The zero-order valence-corrected chi connectivity index (χ0v) is 13.2. The van der Waals surface area contributed by atoms with Crippen LogP contribution in [0.25, 0.3) is 0 Å². The van der Waals surface area contributed by atoms with Gasteiger partial charge in [0.05, 0.1) is 16.2 Å². The van der Waals surface area contributed by atoms with Crippen molar-refractivity contribution in [2.45, 2.75) is 32.7 Å². The Hall–Kier alpha value is -1.03. The molecule has 1 heterocycles. The minimum atomic E-state index is 0.259. The number of nitrogens with zero attached hydrogens (tertiary/aromatic N) is 1. The van der Waals surface area contributed by atoms with E-state index in [1.165, 1.54) is 5.56 Å². The van der Waals surface area contributed by atoms with Crippen molar-refractivity contribution < 1.29 is 0 Å². The Kier molecular flexibility index (Phi) is 5.46. The molecule has 20 heavy (non-hydrogen) atoms. The zero-order chi connectivity index (χ0) is 14.5. The number of aromatic nitrogens is 2. The zero-order valence-electron chi connectivity index (χ0n) is 11.7. The van der Waals surface area contributed by atoms with Crippen LogP contribution in [0, 0.1) is 6.92 Å². The number of hydrogen-bond acceptors (Lipinski definition) is 2. The second-order valence-corrected chi connectivity index (χ2v) is 5.79. The first-order chi connectivity index (χ1) is 9.58. The van der Waals surface area contributed by atoms with Gasteiger partial charge in [0.1, 0.15) is 0 Å². The lowest BCUT2D eigenvalue weighted by Gasteiger charge is -2.14. The quantitative estimate of drug-likeness (QED) is 0.780. The molecule has 1 unspecified atom stereocenters. The van der Waals surface area contributed by atoms with E-state index >= 15 is 0 Å². The summed E-state index contributed by atoms with van der Waals surface area (Å²) >= 11 is 12.0. The molecule has 1 aromatic heterocycles. The fraction of sp³-hybridized carbons (Fsp3) is 0.400. The number of halogens is 2. The lowest BCUT2D eigenvalue weighted by atomic mass is 10.1. The van der Waals surface area contributed by atoms with Gasteiger partial charge in [-0.05, 0) is 56.5 Å². The molecular weight excluding hydrogens is 293 g/mol. The first kappa shape index (κ1) is 15.4. The number of aromatic amines is 1. The molecule has 0 aliphatic carbocycles. The predicted molar refractivity (Wildman–Crippen MR) is 84.5 cm³/mol. The highest BCUT2D eigenvalue weighted by Crippen LogP contribution is 2.25. The SMILES string of the molecule is Cc1[nH]ncc1CCCNC(C)c1ccc(Cl)c(Cl)c1. The van der Waals surface area contributed by atoms with Crippen molar-refractivity contribution >= 4 is 23.2 Å². The van der Waals surface area contributed by atoms with E-state index < -0.39 is 0 Å². The van der Waals surface area contributed by atoms with Crippen LogP contribution in [0.5, 0.6) is 0 Å². The molecule has 3 nitrogen and oxygen atoms in total. The molecule has 0 amide bonds. The van der Waals surface area contributed by atoms with Crippen molar-refractivity contribution in [2.24, 2.45) is 0 Å². The van der Waals surface area contributed by atoms with Crippen LogP contribution in [0.15, 0.2) is 24.4 Å². The van der Waals surface area contributed by atoms with E-state index in [9.17, 15) is 0 Å². The van der Waals surface area contributed by atoms with Crippen molar-refractivity contribution in [3.8, 4) is 0 Å². The van der Waals surface area contributed by atoms with Gasteiger partial charge in [-0.3, -0.25) is 5.10 Å². The third-order valence-corrected chi connectivity index (χ3v) is 4.19. The molecule has 0 spiro atoms. The van der Waals surface area contributed by atoms with Gasteiger partial charge in [0.2, 0.25) is 0 Å². The monoisotopic (exact) mass is 311 g/mol. The Balaban J connectivity index is 1.79. The van der Waals surface area contributed by atoms with Crippen molar-refractivity contribution in [1.82, 2.24) is 15.5 Å². The molecular formula is C15H19Cl2N3. The van der Waals surface area contributed by atoms with E-state index in [-0.39, 0.29) is 6.04 Å². The van der Waals surface area contributed by atoms with Crippen LogP contribution in [0.2, 0.25) is 10.0 Å². The minimum absolute atomic E-state index is 0.259. The van der Waals surface area contributed by atoms with Crippen molar-refractivity contribution in [3.63, 3.8) is 0 Å². The van der Waals surface area contributed by atoms with Gasteiger partial charge in [-0.1, -0.05) is 29.3 Å². The summed E-state index contributed by atoms with van der Waals surface area (Å²) < 4.78 is 0. The van der Waals surface area contributed by atoms with E-state index in [2.05, 4.69) is 22.4 Å². The Labute approximate surface area is 129 Å². The highest BCUT2D eigenvalue weighted by atomic mass is 35.5. The smallest absolute Gasteiger partial charge is 0.0595 e. The molecule has 0 radical (unpaired) electrons. The summed E-state index contributed by atoms with van der Waals surface area (Å²) in [7, 11) is 0. The number of aryl methyl sites for hydroxylation is 2. The van der Waals surface area contributed by atoms with Crippen LogP contribution in [0.4, 0.5) is 0 Å². The lowest BCUT2D eigenvalue weighted by molar-refractivity contribution is 0.558. The summed E-state index contributed by atoms with van der Waals surface area (Å²) in [5.41, 5.74) is 3.59. The summed E-state index contributed by atoms with van der Waals surface area (Å²) in [5.74, 6) is 0. The molecule has 2 aromatic rings. The molecule has 0 bridgehead atoms. The maximum atomic E-state index is 6.03. The van der Waals surface area contributed by atoms with Gasteiger partial charge in [-0.25, -0.2) is 0 Å². The Morgan fingerprint density at radius 3 is 2.75 bits per heavy atom. The van der Waals surface area contributed by atoms with Crippen LogP contribution < -0.4 is 5.32 Å². The number of benzene rings is 1. The maximum absolute atomic E-state index is 6.03. The Bertz CT molecular complexity index is 566. The third kappa shape index (κ3) is 3.98. The summed E-state index contributed by atoms with van der Waals surface area (Å²) in [6.45, 7) is 5.13. The maximum Gasteiger partial charge on any atom is 0.0595 e. The fourth-order valence-corrected chi connectivity index (χ4v) is 2.43. The average molecular weight is 312 g/mol. The van der Waals surface area contributed by atoms with Gasteiger partial charge < -0.3 is 5.32 Å². The van der Waals surface area contributed by atoms with Gasteiger partial charge in [0, 0.05) is 11.7 Å². The normalized spacial score (nSPS) is 12.6. The highest BCUT2D eigenvalue weighted by molar-refractivity contribution is 6.42. The van der Waals surface area contributed by atoms with Crippen LogP contribution in [0.1, 0.15) is 36.2 Å². The molecule has 2 N–H and O–H groups in total. The molecule has 108 valence electrons. The van der Waals surface area contributed by atoms with Crippen molar-refractivity contribution in [2.75, 3.05) is 6.54 Å². The topological polar surface area (TPSA) is 40.7 Å². The van der Waals surface area contributed by atoms with Crippen LogP contribution in [-0.2, 0) is 6.42 Å². The molecule has 0 fully saturated rings. The summed E-state index contributed by atoms with van der Waals surface area (Å²) in [6, 6.07) is 6.02. The summed E-state index contributed by atoms with van der Waals surface area (Å²) in [4.78, 5) is 0. The molecule has 0 saturated carbocycles. The minimum Gasteiger partial charge on any atom is -0.310 e. The van der Waals surface area contributed by atoms with Gasteiger partial charge in [-0.15, -0.1) is 0 Å². The molecule has 0 aliphatic heterocycles. The second-order valence-electron chi connectivity index (χ2n) is 4.97. The predicted octanol–water partition coefficient (Wildman–Crippen LogP) is 4.31. The Morgan fingerprint density at radius 1 is 1.30 bits per heavy atom. The molecule has 5 heteroatoms. The Morgan fingerprint density at radius 2 is 2.10 bits per heavy atom. The lowest BCUT2D eigenvalue weighted by Crippen LogP contribution is -2.20. The largest absolute Gasteiger partial charge is 0.310 e. The second kappa shape index (κ2) is 7.11. The van der Waals surface area contributed by atoms with Crippen molar-refractivity contribution in [3.05, 3.63) is 51.3 Å². The number of rotatable bonds is 6. The average Bonchev–Trinajstić information content (AvgIpc) is 2.83. The van der Waals surface area contributed by atoms with Crippen molar-refractivity contribution in [1.29, 1.82) is 0 Å². The number of nitrogens with one attached hydrogen (secondary N) is 2. The molecule has 0 aliphatic rings. The molecule has 0 saturated heterocycles. The summed E-state index contributed by atoms with van der Waals surface area (Å²) in [5, 5.41) is 11.7. The highest BCUT2D eigenvalue weighted by Gasteiger charge is 2.07. The first-order valence-electron chi connectivity index (χ1n) is 6.75. The van der Waals surface area contributed by atoms with Crippen LogP contribution >= 0.6 is 23.2 Å². The standard InChI is InChI=1S/C15H19Cl2N3/c1-10(12-5-6-14(16)15(17)8-12)18-7-3-4-13-9-19-20-11(13)2/h5-6,8-10,18H,3-4,7H2,1-2H3,(H,19,20). The van der Waals surface area contributed by atoms with E-state index in [1.54, 1.807) is 0 Å². The van der Waals surface area contributed by atoms with E-state index in [0.29, 0.717) is 10.0 Å². The van der Waals surface area contributed by atoms with Gasteiger partial charge in [0.25, 0.3) is 0 Å². The van der Waals surface area contributed by atoms with E-state index in [1.807, 2.05) is 31.3 Å². The fourth-order valence-electron chi connectivity index (χ4n) is 2.12. The van der Waals surface area contributed by atoms with Gasteiger partial charge in [0.15, 0.2) is 0 Å².